The van der Waals surface area contributed by atoms with Gasteiger partial charge in [-0.25, -0.2) is 13.2 Å². The van der Waals surface area contributed by atoms with Crippen molar-refractivity contribution in [2.75, 3.05) is 26.0 Å². The first-order valence-electron chi connectivity index (χ1n) is 12.0. The predicted molar refractivity (Wildman–Crippen MR) is 144 cm³/mol. The van der Waals surface area contributed by atoms with E-state index in [4.69, 9.17) is 4.74 Å². The predicted octanol–water partition coefficient (Wildman–Crippen LogP) is 4.37. The second-order valence-electron chi connectivity index (χ2n) is 9.30. The summed E-state index contributed by atoms with van der Waals surface area (Å²) in [6.07, 6.45) is 0.699. The SMILES string of the molecule is COC(=O)c1c(NC(=O)c2ccc(S(=O)(=O)N(Cc3ccccc3)C(C)C)cc2)sc2c1CCN(C)C2. The van der Waals surface area contributed by atoms with Crippen LogP contribution in [0.15, 0.2) is 59.5 Å². The normalized spacial score (nSPS) is 14.0. The highest BCUT2D eigenvalue weighted by molar-refractivity contribution is 7.89. The second kappa shape index (κ2) is 11.1. The number of hydrogen-bond donors (Lipinski definition) is 1. The molecule has 1 amide bonds. The minimum Gasteiger partial charge on any atom is -0.465 e. The number of thiophene rings is 1. The van der Waals surface area contributed by atoms with Crippen LogP contribution < -0.4 is 5.32 Å². The summed E-state index contributed by atoms with van der Waals surface area (Å²) in [7, 11) is -0.458. The number of amides is 1. The Labute approximate surface area is 221 Å². The van der Waals surface area contributed by atoms with Crippen LogP contribution in [0.2, 0.25) is 0 Å². The standard InChI is InChI=1S/C27H31N3O5S2/c1-18(2)30(16-19-8-6-5-7-9-19)37(33,34)21-12-10-20(11-13-21)25(31)28-26-24(27(32)35-4)22-14-15-29(3)17-23(22)36-26/h5-13,18H,14-17H2,1-4H3,(H,28,31). The number of nitrogens with zero attached hydrogens (tertiary/aromatic N) is 2. The number of anilines is 1. The minimum absolute atomic E-state index is 0.110. The van der Waals surface area contributed by atoms with Gasteiger partial charge in [0.2, 0.25) is 10.0 Å². The van der Waals surface area contributed by atoms with Crippen LogP contribution in [0, 0.1) is 0 Å². The summed E-state index contributed by atoms with van der Waals surface area (Å²) in [6.45, 7) is 5.42. The number of esters is 1. The third kappa shape index (κ3) is 5.77. The van der Waals surface area contributed by atoms with Gasteiger partial charge < -0.3 is 15.0 Å². The quantitative estimate of drug-likeness (QED) is 0.426. The van der Waals surface area contributed by atoms with Crippen molar-refractivity contribution in [3.8, 4) is 0 Å². The maximum atomic E-state index is 13.4. The van der Waals surface area contributed by atoms with Crippen molar-refractivity contribution in [2.24, 2.45) is 0 Å². The van der Waals surface area contributed by atoms with Crippen LogP contribution in [0.1, 0.15) is 50.6 Å². The molecule has 10 heteroatoms. The van der Waals surface area contributed by atoms with E-state index >= 15 is 0 Å². The van der Waals surface area contributed by atoms with Crippen LogP contribution in [0.25, 0.3) is 0 Å². The molecule has 0 fully saturated rings. The van der Waals surface area contributed by atoms with Gasteiger partial charge in [0.25, 0.3) is 5.91 Å². The number of sulfonamides is 1. The van der Waals surface area contributed by atoms with Crippen molar-refractivity contribution in [3.63, 3.8) is 0 Å². The van der Waals surface area contributed by atoms with E-state index < -0.39 is 21.9 Å². The molecule has 2 aromatic carbocycles. The van der Waals surface area contributed by atoms with E-state index in [0.717, 1.165) is 22.5 Å². The number of benzene rings is 2. The molecule has 0 bridgehead atoms. The molecule has 3 aromatic rings. The van der Waals surface area contributed by atoms with Crippen LogP contribution >= 0.6 is 11.3 Å². The Morgan fingerprint density at radius 1 is 1.11 bits per heavy atom. The van der Waals surface area contributed by atoms with Gasteiger partial charge in [-0.15, -0.1) is 11.3 Å². The average molecular weight is 542 g/mol. The topological polar surface area (TPSA) is 96.0 Å². The monoisotopic (exact) mass is 541 g/mol. The molecule has 0 saturated heterocycles. The largest absolute Gasteiger partial charge is 0.465 e. The smallest absolute Gasteiger partial charge is 0.341 e. The maximum absolute atomic E-state index is 13.4. The van der Waals surface area contributed by atoms with Crippen LogP contribution in [0.4, 0.5) is 5.00 Å². The first-order chi connectivity index (χ1) is 17.6. The van der Waals surface area contributed by atoms with Gasteiger partial charge in [-0.05, 0) is 62.7 Å². The Bertz CT molecular complexity index is 1380. The number of fused-ring (bicyclic) bond motifs is 1. The third-order valence-corrected chi connectivity index (χ3v) is 9.51. The molecule has 0 unspecified atom stereocenters. The van der Waals surface area contributed by atoms with E-state index in [1.165, 1.54) is 47.0 Å². The van der Waals surface area contributed by atoms with Crippen LogP contribution in [0.3, 0.4) is 0 Å². The number of methoxy groups -OCH3 is 1. The molecule has 1 aromatic heterocycles. The molecule has 4 rings (SSSR count). The highest BCUT2D eigenvalue weighted by Gasteiger charge is 2.30. The fourth-order valence-electron chi connectivity index (χ4n) is 4.33. The van der Waals surface area contributed by atoms with E-state index in [2.05, 4.69) is 10.2 Å². The van der Waals surface area contributed by atoms with E-state index in [1.807, 2.05) is 51.2 Å². The molecule has 0 radical (unpaired) electrons. The van der Waals surface area contributed by atoms with Crippen LogP contribution in [0.5, 0.6) is 0 Å². The molecule has 1 aliphatic heterocycles. The molecular formula is C27H31N3O5S2. The minimum atomic E-state index is -3.79. The Kier molecular flexibility index (Phi) is 8.13. The lowest BCUT2D eigenvalue weighted by Gasteiger charge is -2.26. The molecular weight excluding hydrogens is 510 g/mol. The van der Waals surface area contributed by atoms with Crippen molar-refractivity contribution in [3.05, 3.63) is 81.7 Å². The average Bonchev–Trinajstić information content (AvgIpc) is 3.23. The van der Waals surface area contributed by atoms with Crippen LogP contribution in [-0.2, 0) is 34.3 Å². The lowest BCUT2D eigenvalue weighted by atomic mass is 10.0. The fourth-order valence-corrected chi connectivity index (χ4v) is 7.27. The molecule has 0 aliphatic carbocycles. The summed E-state index contributed by atoms with van der Waals surface area (Å²) in [5.74, 6) is -0.906. The summed E-state index contributed by atoms with van der Waals surface area (Å²) in [6, 6.07) is 15.0. The Hall–Kier alpha value is -3.05. The first-order valence-corrected chi connectivity index (χ1v) is 14.3. The van der Waals surface area contributed by atoms with Gasteiger partial charge in [0, 0.05) is 36.1 Å². The van der Waals surface area contributed by atoms with Crippen molar-refractivity contribution in [1.29, 1.82) is 0 Å². The van der Waals surface area contributed by atoms with E-state index in [-0.39, 0.29) is 23.0 Å². The summed E-state index contributed by atoms with van der Waals surface area (Å²) in [4.78, 5) is 28.9. The summed E-state index contributed by atoms with van der Waals surface area (Å²) < 4.78 is 33.2. The Morgan fingerprint density at radius 2 is 1.78 bits per heavy atom. The number of carbonyl (C=O) groups is 2. The van der Waals surface area contributed by atoms with E-state index in [1.54, 1.807) is 0 Å². The maximum Gasteiger partial charge on any atom is 0.341 e. The van der Waals surface area contributed by atoms with Crippen LogP contribution in [-0.4, -0.2) is 56.2 Å². The molecule has 0 atom stereocenters. The number of carbonyl (C=O) groups excluding carboxylic acids is 2. The van der Waals surface area contributed by atoms with Gasteiger partial charge in [0.1, 0.15) is 5.00 Å². The number of likely N-dealkylation sites (N-methyl/N-ethyl adjacent to an activating group) is 1. The molecule has 0 saturated carbocycles. The number of nitrogens with one attached hydrogen (secondary N) is 1. The summed E-state index contributed by atoms with van der Waals surface area (Å²) in [5, 5.41) is 3.29. The highest BCUT2D eigenvalue weighted by atomic mass is 32.2. The van der Waals surface area contributed by atoms with Crippen molar-refractivity contribution >= 4 is 38.2 Å². The van der Waals surface area contributed by atoms with Gasteiger partial charge in [0.05, 0.1) is 17.6 Å². The molecule has 37 heavy (non-hydrogen) atoms. The van der Waals surface area contributed by atoms with E-state index in [9.17, 15) is 18.0 Å². The molecule has 196 valence electrons. The van der Waals surface area contributed by atoms with Gasteiger partial charge in [0.15, 0.2) is 0 Å². The van der Waals surface area contributed by atoms with Gasteiger partial charge in [-0.3, -0.25) is 4.79 Å². The number of ether oxygens (including phenoxy) is 1. The third-order valence-electron chi connectivity index (χ3n) is 6.34. The summed E-state index contributed by atoms with van der Waals surface area (Å²) >= 11 is 1.37. The summed E-state index contributed by atoms with van der Waals surface area (Å²) in [5.41, 5.74) is 2.50. The number of hydrogen-bond acceptors (Lipinski definition) is 7. The van der Waals surface area contributed by atoms with Gasteiger partial charge in [-0.2, -0.15) is 4.31 Å². The van der Waals surface area contributed by atoms with Crippen molar-refractivity contribution in [2.45, 2.75) is 44.3 Å². The van der Waals surface area contributed by atoms with Crippen molar-refractivity contribution in [1.82, 2.24) is 9.21 Å². The first kappa shape index (κ1) is 27.0. The Morgan fingerprint density at radius 3 is 2.41 bits per heavy atom. The highest BCUT2D eigenvalue weighted by Crippen LogP contribution is 2.37. The van der Waals surface area contributed by atoms with Crippen molar-refractivity contribution < 1.29 is 22.7 Å². The zero-order chi connectivity index (χ0) is 26.7. The van der Waals surface area contributed by atoms with Gasteiger partial charge >= 0.3 is 5.97 Å². The van der Waals surface area contributed by atoms with Gasteiger partial charge in [-0.1, -0.05) is 30.3 Å². The van der Waals surface area contributed by atoms with E-state index in [0.29, 0.717) is 23.5 Å². The Balaban J connectivity index is 1.56. The zero-order valence-electron chi connectivity index (χ0n) is 21.4. The molecule has 1 N–H and O–H groups in total. The lowest BCUT2D eigenvalue weighted by molar-refractivity contribution is 0.0600. The molecule has 2 heterocycles. The molecule has 8 nitrogen and oxygen atoms in total. The zero-order valence-corrected chi connectivity index (χ0v) is 23.0. The number of rotatable bonds is 8. The fraction of sp³-hybridized carbons (Fsp3) is 0.333. The molecule has 1 aliphatic rings. The lowest BCUT2D eigenvalue weighted by Crippen LogP contribution is -2.36. The second-order valence-corrected chi connectivity index (χ2v) is 12.3. The molecule has 0 spiro atoms.